The number of rotatable bonds is 1. The third-order valence-electron chi connectivity index (χ3n) is 2.76. The van der Waals surface area contributed by atoms with E-state index in [1.165, 1.54) is 24.8 Å². The molecule has 0 saturated heterocycles. The molecule has 16 heavy (non-hydrogen) atoms. The van der Waals surface area contributed by atoms with Gasteiger partial charge in [0, 0.05) is 0 Å². The fraction of sp³-hybridized carbons (Fsp3) is 0.333. The van der Waals surface area contributed by atoms with Crippen molar-refractivity contribution in [2.24, 2.45) is 0 Å². The number of benzene rings is 1. The average Bonchev–Trinajstić information content (AvgIpc) is 2.38. The van der Waals surface area contributed by atoms with E-state index in [-0.39, 0.29) is 0 Å². The van der Waals surface area contributed by atoms with Crippen LogP contribution in [-0.4, -0.2) is 7.11 Å². The van der Waals surface area contributed by atoms with Gasteiger partial charge in [-0.2, -0.15) is 0 Å². The highest BCUT2D eigenvalue weighted by atomic mass is 16.5. The molecule has 2 rings (SSSR count). The number of allylic oxidation sites excluding steroid dienone is 2. The summed E-state index contributed by atoms with van der Waals surface area (Å²) in [5.74, 6) is 7.29. The Morgan fingerprint density at radius 3 is 2.75 bits per heavy atom. The van der Waals surface area contributed by atoms with Crippen molar-refractivity contribution in [3.05, 3.63) is 41.5 Å². The van der Waals surface area contributed by atoms with Gasteiger partial charge < -0.3 is 4.74 Å². The van der Waals surface area contributed by atoms with Crippen LogP contribution in [0, 0.1) is 11.8 Å². The number of hydrogen-bond acceptors (Lipinski definition) is 1. The van der Waals surface area contributed by atoms with Crippen LogP contribution in [-0.2, 0) is 0 Å². The molecule has 1 nitrogen and oxygen atoms in total. The first-order valence-corrected chi connectivity index (χ1v) is 5.74. The fourth-order valence-electron chi connectivity index (χ4n) is 1.85. The van der Waals surface area contributed by atoms with Crippen LogP contribution >= 0.6 is 0 Å². The Kier molecular flexibility index (Phi) is 3.66. The molecule has 82 valence electrons. The second-order valence-corrected chi connectivity index (χ2v) is 3.93. The van der Waals surface area contributed by atoms with Crippen LogP contribution < -0.4 is 4.74 Å². The van der Waals surface area contributed by atoms with Crippen molar-refractivity contribution < 1.29 is 4.74 Å². The average molecular weight is 212 g/mol. The van der Waals surface area contributed by atoms with Crippen LogP contribution in [0.15, 0.2) is 35.9 Å². The lowest BCUT2D eigenvalue weighted by Gasteiger charge is -2.06. The minimum Gasteiger partial charge on any atom is -0.495 e. The molecule has 0 N–H and O–H groups in total. The van der Waals surface area contributed by atoms with Gasteiger partial charge in [-0.25, -0.2) is 0 Å². The van der Waals surface area contributed by atoms with Gasteiger partial charge in [-0.3, -0.25) is 0 Å². The zero-order valence-corrected chi connectivity index (χ0v) is 9.62. The molecule has 1 aromatic rings. The van der Waals surface area contributed by atoms with Gasteiger partial charge in [0.05, 0.1) is 12.7 Å². The van der Waals surface area contributed by atoms with Crippen molar-refractivity contribution in [2.45, 2.75) is 25.7 Å². The lowest BCUT2D eigenvalue weighted by molar-refractivity contribution is 0.413. The van der Waals surface area contributed by atoms with E-state index < -0.39 is 0 Å². The molecule has 0 saturated carbocycles. The molecule has 1 aromatic carbocycles. The summed E-state index contributed by atoms with van der Waals surface area (Å²) in [5.41, 5.74) is 2.24. The molecule has 1 aliphatic rings. The maximum Gasteiger partial charge on any atom is 0.134 e. The molecule has 0 radical (unpaired) electrons. The Bertz CT molecular complexity index is 446. The summed E-state index contributed by atoms with van der Waals surface area (Å²) in [7, 11) is 1.68. The van der Waals surface area contributed by atoms with Gasteiger partial charge in [-0.1, -0.05) is 30.0 Å². The van der Waals surface area contributed by atoms with E-state index in [4.69, 9.17) is 4.74 Å². The van der Waals surface area contributed by atoms with Crippen LogP contribution in [0.5, 0.6) is 5.75 Å². The van der Waals surface area contributed by atoms with Crippen molar-refractivity contribution in [3.8, 4) is 17.6 Å². The Labute approximate surface area is 97.1 Å². The van der Waals surface area contributed by atoms with E-state index in [2.05, 4.69) is 17.9 Å². The van der Waals surface area contributed by atoms with Gasteiger partial charge in [0.2, 0.25) is 0 Å². The van der Waals surface area contributed by atoms with E-state index in [1.54, 1.807) is 7.11 Å². The van der Waals surface area contributed by atoms with Crippen molar-refractivity contribution in [2.75, 3.05) is 7.11 Å². The van der Waals surface area contributed by atoms with Gasteiger partial charge in [-0.05, 0) is 43.4 Å². The van der Waals surface area contributed by atoms with E-state index in [9.17, 15) is 0 Å². The molecule has 0 bridgehead atoms. The highest BCUT2D eigenvalue weighted by Gasteiger charge is 2.00. The van der Waals surface area contributed by atoms with Crippen molar-refractivity contribution in [3.63, 3.8) is 0 Å². The van der Waals surface area contributed by atoms with Crippen LogP contribution in [0.25, 0.3) is 0 Å². The van der Waals surface area contributed by atoms with Crippen molar-refractivity contribution in [1.82, 2.24) is 0 Å². The molecule has 0 heterocycles. The van der Waals surface area contributed by atoms with Crippen LogP contribution in [0.3, 0.4) is 0 Å². The summed E-state index contributed by atoms with van der Waals surface area (Å²) in [4.78, 5) is 0. The van der Waals surface area contributed by atoms with Crippen LogP contribution in [0.1, 0.15) is 31.2 Å². The minimum atomic E-state index is 0.853. The van der Waals surface area contributed by atoms with E-state index in [1.807, 2.05) is 24.3 Å². The molecule has 0 atom stereocenters. The third-order valence-corrected chi connectivity index (χ3v) is 2.76. The first-order chi connectivity index (χ1) is 7.90. The summed E-state index contributed by atoms with van der Waals surface area (Å²) in [6.07, 6.45) is 7.14. The fourth-order valence-corrected chi connectivity index (χ4v) is 1.85. The summed E-state index contributed by atoms with van der Waals surface area (Å²) in [6, 6.07) is 7.89. The maximum absolute atomic E-state index is 5.26. The molecular formula is C15H16O. The second kappa shape index (κ2) is 5.42. The van der Waals surface area contributed by atoms with Crippen molar-refractivity contribution >= 4 is 0 Å². The Hall–Kier alpha value is -1.68. The first-order valence-electron chi connectivity index (χ1n) is 5.74. The molecular weight excluding hydrogens is 196 g/mol. The summed E-state index contributed by atoms with van der Waals surface area (Å²) < 4.78 is 5.26. The van der Waals surface area contributed by atoms with Gasteiger partial charge in [0.15, 0.2) is 0 Å². The largest absolute Gasteiger partial charge is 0.495 e. The number of para-hydroxylation sites is 1. The standard InChI is InChI=1S/C15H16O/c1-16-15-10-6-5-9-14(15)12-11-13-7-3-2-4-8-13/h5-7,9-10H,2-4,8H2,1H3. The number of methoxy groups -OCH3 is 1. The monoisotopic (exact) mass is 212 g/mol. The number of ether oxygens (including phenoxy) is 1. The molecule has 1 aliphatic carbocycles. The molecule has 0 fully saturated rings. The van der Waals surface area contributed by atoms with Gasteiger partial charge in [0.1, 0.15) is 5.75 Å². The molecule has 0 amide bonds. The molecule has 1 heteroatoms. The van der Waals surface area contributed by atoms with Crippen LogP contribution in [0.2, 0.25) is 0 Å². The first kappa shape index (κ1) is 10.8. The summed E-state index contributed by atoms with van der Waals surface area (Å²) in [6.45, 7) is 0. The van der Waals surface area contributed by atoms with E-state index in [0.717, 1.165) is 17.7 Å². The SMILES string of the molecule is COc1ccccc1C#CC1=CCCCC1. The smallest absolute Gasteiger partial charge is 0.134 e. The Morgan fingerprint density at radius 2 is 2.00 bits per heavy atom. The highest BCUT2D eigenvalue weighted by molar-refractivity contribution is 5.48. The quantitative estimate of drug-likeness (QED) is 0.647. The summed E-state index contributed by atoms with van der Waals surface area (Å²) in [5, 5.41) is 0. The van der Waals surface area contributed by atoms with E-state index >= 15 is 0 Å². The number of hydrogen-bond donors (Lipinski definition) is 0. The van der Waals surface area contributed by atoms with Crippen LogP contribution in [0.4, 0.5) is 0 Å². The normalized spacial score (nSPS) is 14.7. The molecule has 0 unspecified atom stereocenters. The predicted octanol–water partition coefficient (Wildman–Crippen LogP) is 3.55. The van der Waals surface area contributed by atoms with Crippen molar-refractivity contribution in [1.29, 1.82) is 0 Å². The lowest BCUT2D eigenvalue weighted by atomic mass is 10.00. The minimum absolute atomic E-state index is 0.853. The van der Waals surface area contributed by atoms with Gasteiger partial charge >= 0.3 is 0 Å². The van der Waals surface area contributed by atoms with Gasteiger partial charge in [0.25, 0.3) is 0 Å². The maximum atomic E-state index is 5.26. The molecule has 0 aromatic heterocycles. The zero-order valence-electron chi connectivity index (χ0n) is 9.62. The van der Waals surface area contributed by atoms with E-state index in [0.29, 0.717) is 0 Å². The Balaban J connectivity index is 2.19. The third kappa shape index (κ3) is 2.67. The molecule has 0 spiro atoms. The highest BCUT2D eigenvalue weighted by Crippen LogP contribution is 2.18. The topological polar surface area (TPSA) is 9.23 Å². The molecule has 0 aliphatic heterocycles. The second-order valence-electron chi connectivity index (χ2n) is 3.93. The van der Waals surface area contributed by atoms with Gasteiger partial charge in [-0.15, -0.1) is 0 Å². The predicted molar refractivity (Wildman–Crippen MR) is 66.4 cm³/mol. The summed E-state index contributed by atoms with van der Waals surface area (Å²) >= 11 is 0. The lowest BCUT2D eigenvalue weighted by Crippen LogP contribution is -1.90. The zero-order chi connectivity index (χ0) is 11.2. The Morgan fingerprint density at radius 1 is 1.12 bits per heavy atom.